The maximum absolute atomic E-state index is 12.6. The molecule has 0 aromatic heterocycles. The lowest BCUT2D eigenvalue weighted by atomic mass is 9.92. The number of methoxy groups -OCH3 is 1. The summed E-state index contributed by atoms with van der Waals surface area (Å²) in [6, 6.07) is 4.67. The number of carboxylic acid groups (broad SMARTS) is 1. The van der Waals surface area contributed by atoms with Crippen LogP contribution in [0.4, 0.5) is 13.2 Å². The summed E-state index contributed by atoms with van der Waals surface area (Å²) in [6.07, 6.45) is -3.98. The quantitative estimate of drug-likeness (QED) is 0.695. The van der Waals surface area contributed by atoms with Crippen molar-refractivity contribution in [2.75, 3.05) is 13.7 Å². The highest BCUT2D eigenvalue weighted by Gasteiger charge is 2.32. The topological polar surface area (TPSA) is 75.6 Å². The first kappa shape index (κ1) is 22.0. The zero-order valence-electron chi connectivity index (χ0n) is 15.0. The first-order chi connectivity index (χ1) is 12.0. The lowest BCUT2D eigenvalue weighted by molar-refractivity contribution is -0.140. The Bertz CT molecular complexity index is 616. The van der Waals surface area contributed by atoms with Crippen LogP contribution in [0, 0.1) is 5.92 Å². The summed E-state index contributed by atoms with van der Waals surface area (Å²) in [5.41, 5.74) is -1.20. The van der Waals surface area contributed by atoms with Crippen LogP contribution in [0.1, 0.15) is 37.8 Å². The van der Waals surface area contributed by atoms with E-state index in [1.807, 2.05) is 0 Å². The Morgan fingerprint density at radius 1 is 1.23 bits per heavy atom. The molecule has 5 nitrogen and oxygen atoms in total. The van der Waals surface area contributed by atoms with E-state index in [-0.39, 0.29) is 25.4 Å². The van der Waals surface area contributed by atoms with Gasteiger partial charge < -0.3 is 15.2 Å². The van der Waals surface area contributed by atoms with Crippen LogP contribution in [0.3, 0.4) is 0 Å². The summed E-state index contributed by atoms with van der Waals surface area (Å²) in [4.78, 5) is 23.6. The number of carboxylic acids is 1. The number of alkyl halides is 3. The van der Waals surface area contributed by atoms with Gasteiger partial charge in [0.05, 0.1) is 24.1 Å². The Balaban J connectivity index is 2.83. The molecule has 2 N–H and O–H groups in total. The van der Waals surface area contributed by atoms with E-state index < -0.39 is 29.2 Å². The van der Waals surface area contributed by atoms with Crippen molar-refractivity contribution in [2.24, 2.45) is 5.92 Å². The molecule has 2 atom stereocenters. The van der Waals surface area contributed by atoms with Crippen molar-refractivity contribution in [3.05, 3.63) is 35.4 Å². The lowest BCUT2D eigenvalue weighted by Crippen LogP contribution is -2.52. The van der Waals surface area contributed by atoms with Gasteiger partial charge in [0.1, 0.15) is 0 Å². The second-order valence-electron chi connectivity index (χ2n) is 6.56. The van der Waals surface area contributed by atoms with Crippen molar-refractivity contribution in [2.45, 2.75) is 44.8 Å². The van der Waals surface area contributed by atoms with E-state index in [1.165, 1.54) is 19.2 Å². The number of carbonyl (C=O) groups excluding carboxylic acids is 1. The first-order valence-electron chi connectivity index (χ1n) is 8.19. The van der Waals surface area contributed by atoms with E-state index in [4.69, 9.17) is 9.84 Å². The Labute approximate surface area is 150 Å². The molecule has 0 spiro atoms. The molecule has 1 aromatic rings. The number of nitrogens with one attached hydrogen (secondary N) is 1. The summed E-state index contributed by atoms with van der Waals surface area (Å²) < 4.78 is 42.8. The van der Waals surface area contributed by atoms with E-state index in [0.717, 1.165) is 12.1 Å². The molecule has 0 radical (unpaired) electrons. The van der Waals surface area contributed by atoms with Gasteiger partial charge in [0.25, 0.3) is 0 Å². The molecule has 0 aliphatic rings. The third kappa shape index (κ3) is 6.67. The van der Waals surface area contributed by atoms with Crippen LogP contribution >= 0.6 is 0 Å². The molecule has 0 bridgehead atoms. The normalized spacial score (nSPS) is 15.2. The Kier molecular flexibility index (Phi) is 7.62. The zero-order chi connectivity index (χ0) is 20.0. The highest BCUT2D eigenvalue weighted by molar-refractivity contribution is 5.80. The van der Waals surface area contributed by atoms with Gasteiger partial charge >= 0.3 is 12.1 Å². The van der Waals surface area contributed by atoms with Crippen molar-refractivity contribution in [3.8, 4) is 0 Å². The van der Waals surface area contributed by atoms with Crippen LogP contribution in [0.5, 0.6) is 0 Å². The van der Waals surface area contributed by atoms with E-state index in [2.05, 4.69) is 5.32 Å². The number of rotatable bonds is 9. The highest BCUT2D eigenvalue weighted by atomic mass is 19.4. The summed E-state index contributed by atoms with van der Waals surface area (Å²) in [6.45, 7) is 3.40. The van der Waals surface area contributed by atoms with Crippen LogP contribution in [0.2, 0.25) is 0 Å². The van der Waals surface area contributed by atoms with Crippen LogP contribution in [0.25, 0.3) is 0 Å². The zero-order valence-corrected chi connectivity index (χ0v) is 15.0. The van der Waals surface area contributed by atoms with E-state index in [0.29, 0.717) is 12.0 Å². The maximum atomic E-state index is 12.6. The van der Waals surface area contributed by atoms with Gasteiger partial charge in [-0.1, -0.05) is 19.1 Å². The molecule has 146 valence electrons. The molecule has 1 aromatic carbocycles. The molecule has 1 amide bonds. The summed E-state index contributed by atoms with van der Waals surface area (Å²) in [5, 5.41) is 11.7. The van der Waals surface area contributed by atoms with Gasteiger partial charge in [0, 0.05) is 13.0 Å². The number of benzene rings is 1. The maximum Gasteiger partial charge on any atom is 0.416 e. The average Bonchev–Trinajstić information content (AvgIpc) is 2.51. The van der Waals surface area contributed by atoms with Crippen LogP contribution in [-0.2, 0) is 26.9 Å². The van der Waals surface area contributed by atoms with Crippen molar-refractivity contribution >= 4 is 11.9 Å². The minimum Gasteiger partial charge on any atom is -0.481 e. The molecular formula is C18H24F3NO4. The van der Waals surface area contributed by atoms with Gasteiger partial charge in [-0.2, -0.15) is 13.2 Å². The van der Waals surface area contributed by atoms with E-state index in [9.17, 15) is 22.8 Å². The first-order valence-corrected chi connectivity index (χ1v) is 8.19. The number of hydrogen-bond acceptors (Lipinski definition) is 3. The predicted octanol–water partition coefficient (Wildman–Crippen LogP) is 3.27. The smallest absolute Gasteiger partial charge is 0.416 e. The molecule has 0 saturated heterocycles. The fourth-order valence-electron chi connectivity index (χ4n) is 2.72. The van der Waals surface area contributed by atoms with E-state index >= 15 is 0 Å². The number of ether oxygens (including phenoxy) is 1. The Morgan fingerprint density at radius 3 is 2.23 bits per heavy atom. The van der Waals surface area contributed by atoms with Crippen LogP contribution < -0.4 is 5.32 Å². The molecular weight excluding hydrogens is 351 g/mol. The molecule has 0 aliphatic heterocycles. The summed E-state index contributed by atoms with van der Waals surface area (Å²) in [7, 11) is 1.41. The minimum absolute atomic E-state index is 0.0295. The molecule has 0 fully saturated rings. The number of hydrogen-bond donors (Lipinski definition) is 2. The lowest BCUT2D eigenvalue weighted by Gasteiger charge is -2.30. The second-order valence-corrected chi connectivity index (χ2v) is 6.56. The number of amides is 1. The van der Waals surface area contributed by atoms with Crippen molar-refractivity contribution < 1.29 is 32.6 Å². The van der Waals surface area contributed by atoms with Crippen molar-refractivity contribution in [3.63, 3.8) is 0 Å². The van der Waals surface area contributed by atoms with Crippen LogP contribution in [0.15, 0.2) is 24.3 Å². The molecule has 8 heteroatoms. The van der Waals surface area contributed by atoms with Crippen LogP contribution in [-0.4, -0.2) is 36.2 Å². The highest BCUT2D eigenvalue weighted by Crippen LogP contribution is 2.29. The van der Waals surface area contributed by atoms with Crippen molar-refractivity contribution in [1.29, 1.82) is 0 Å². The number of halogens is 3. The molecule has 2 unspecified atom stereocenters. The predicted molar refractivity (Wildman–Crippen MR) is 89.6 cm³/mol. The van der Waals surface area contributed by atoms with Gasteiger partial charge in [0.2, 0.25) is 5.91 Å². The average molecular weight is 375 g/mol. The summed E-state index contributed by atoms with van der Waals surface area (Å²) in [5.74, 6) is -1.91. The van der Waals surface area contributed by atoms with Gasteiger partial charge in [-0.15, -0.1) is 0 Å². The standard InChI is InChI=1S/C18H24F3NO4/c1-4-13(9-12-5-7-14(8-6-12)18(19,20)21)16(25)22-17(2,11-26-3)10-15(23)24/h5-8,13H,4,9-11H2,1-3H3,(H,22,25)(H,23,24). The van der Waals surface area contributed by atoms with Crippen molar-refractivity contribution in [1.82, 2.24) is 5.32 Å². The molecule has 26 heavy (non-hydrogen) atoms. The monoisotopic (exact) mass is 375 g/mol. The Hall–Kier alpha value is -2.09. The van der Waals surface area contributed by atoms with Gasteiger partial charge in [-0.25, -0.2) is 0 Å². The minimum atomic E-state index is -4.40. The summed E-state index contributed by atoms with van der Waals surface area (Å²) >= 11 is 0. The third-order valence-corrected chi connectivity index (χ3v) is 4.06. The fourth-order valence-corrected chi connectivity index (χ4v) is 2.72. The molecule has 0 saturated carbocycles. The van der Waals surface area contributed by atoms with Gasteiger partial charge in [-0.05, 0) is 37.5 Å². The molecule has 0 aliphatic carbocycles. The largest absolute Gasteiger partial charge is 0.481 e. The fraction of sp³-hybridized carbons (Fsp3) is 0.556. The molecule has 1 rings (SSSR count). The van der Waals surface area contributed by atoms with Gasteiger partial charge in [-0.3, -0.25) is 9.59 Å². The number of carbonyl (C=O) groups is 2. The number of aliphatic carboxylic acids is 1. The van der Waals surface area contributed by atoms with Gasteiger partial charge in [0.15, 0.2) is 0 Å². The third-order valence-electron chi connectivity index (χ3n) is 4.06. The van der Waals surface area contributed by atoms with E-state index in [1.54, 1.807) is 13.8 Å². The molecule has 0 heterocycles. The second kappa shape index (κ2) is 9.02. The Morgan fingerprint density at radius 2 is 1.81 bits per heavy atom. The SMILES string of the molecule is CCC(Cc1ccc(C(F)(F)F)cc1)C(=O)NC(C)(COC)CC(=O)O.